The standard InChI is InChI=1S/C18H12BrCl2FN2O4S2/c19-17-10-13(22)1-6-18(17)24-29(25,26)15-4-2-14(3-5-15)23-30(27,28)16-8-11(20)7-12(21)9-16/h1-10,23-24H. The summed E-state index contributed by atoms with van der Waals surface area (Å²) in [5, 5.41) is 0.310. The highest BCUT2D eigenvalue weighted by atomic mass is 79.9. The normalized spacial score (nSPS) is 11.9. The van der Waals surface area contributed by atoms with E-state index in [9.17, 15) is 21.2 Å². The van der Waals surface area contributed by atoms with Crippen LogP contribution in [-0.2, 0) is 20.0 Å². The Hall–Kier alpha value is -1.85. The zero-order valence-corrected chi connectivity index (χ0v) is 19.5. The van der Waals surface area contributed by atoms with E-state index in [0.29, 0.717) is 0 Å². The number of benzene rings is 3. The van der Waals surface area contributed by atoms with Gasteiger partial charge in [0.05, 0.1) is 15.5 Å². The van der Waals surface area contributed by atoms with Gasteiger partial charge in [0, 0.05) is 20.2 Å². The lowest BCUT2D eigenvalue weighted by atomic mass is 10.3. The molecule has 6 nitrogen and oxygen atoms in total. The van der Waals surface area contributed by atoms with Crippen molar-refractivity contribution in [3.63, 3.8) is 0 Å². The third-order valence-electron chi connectivity index (χ3n) is 3.74. The molecular formula is C18H12BrCl2FN2O4S2. The van der Waals surface area contributed by atoms with Gasteiger partial charge in [-0.3, -0.25) is 9.44 Å². The van der Waals surface area contributed by atoms with Crippen molar-refractivity contribution in [3.05, 3.63) is 81.0 Å². The van der Waals surface area contributed by atoms with Crippen molar-refractivity contribution < 1.29 is 21.2 Å². The number of nitrogens with one attached hydrogen (secondary N) is 2. The fourth-order valence-corrected chi connectivity index (χ4v) is 5.82. The average molecular weight is 554 g/mol. The summed E-state index contributed by atoms with van der Waals surface area (Å²) in [6.45, 7) is 0. The lowest BCUT2D eigenvalue weighted by Gasteiger charge is -2.12. The number of sulfonamides is 2. The molecular weight excluding hydrogens is 542 g/mol. The van der Waals surface area contributed by atoms with Crippen molar-refractivity contribution in [2.75, 3.05) is 9.44 Å². The van der Waals surface area contributed by atoms with E-state index in [-0.39, 0.29) is 35.7 Å². The van der Waals surface area contributed by atoms with Crippen molar-refractivity contribution in [3.8, 4) is 0 Å². The van der Waals surface area contributed by atoms with Crippen molar-refractivity contribution in [2.45, 2.75) is 9.79 Å². The molecule has 0 aliphatic heterocycles. The van der Waals surface area contributed by atoms with Crippen LogP contribution in [0.4, 0.5) is 15.8 Å². The van der Waals surface area contributed by atoms with Crippen LogP contribution >= 0.6 is 39.1 Å². The summed E-state index contributed by atoms with van der Waals surface area (Å²) < 4.78 is 68.1. The molecule has 3 aromatic carbocycles. The van der Waals surface area contributed by atoms with E-state index in [1.54, 1.807) is 0 Å². The Balaban J connectivity index is 1.81. The van der Waals surface area contributed by atoms with Crippen molar-refractivity contribution in [1.82, 2.24) is 0 Å². The molecule has 0 fully saturated rings. The molecule has 0 heterocycles. The van der Waals surface area contributed by atoms with Gasteiger partial charge in [-0.1, -0.05) is 23.2 Å². The van der Waals surface area contributed by atoms with Crippen LogP contribution in [0.25, 0.3) is 0 Å². The first-order valence-corrected chi connectivity index (χ1v) is 12.5. The SMILES string of the molecule is O=S(=O)(Nc1ccc(S(=O)(=O)Nc2ccc(F)cc2Br)cc1)c1cc(Cl)cc(Cl)c1. The molecule has 0 bridgehead atoms. The van der Waals surface area contributed by atoms with E-state index in [4.69, 9.17) is 23.2 Å². The lowest BCUT2D eigenvalue weighted by molar-refractivity contribution is 0.600. The third kappa shape index (κ3) is 5.44. The van der Waals surface area contributed by atoms with Crippen LogP contribution < -0.4 is 9.44 Å². The largest absolute Gasteiger partial charge is 0.280 e. The van der Waals surface area contributed by atoms with E-state index >= 15 is 0 Å². The Morgan fingerprint density at radius 1 is 0.733 bits per heavy atom. The summed E-state index contributed by atoms with van der Waals surface area (Å²) in [7, 11) is -7.98. The van der Waals surface area contributed by atoms with Gasteiger partial charge in [-0.2, -0.15) is 0 Å². The highest BCUT2D eigenvalue weighted by Crippen LogP contribution is 2.27. The summed E-state index contributed by atoms with van der Waals surface area (Å²) in [5.41, 5.74) is 0.284. The molecule has 12 heteroatoms. The second-order valence-corrected chi connectivity index (χ2v) is 11.1. The van der Waals surface area contributed by atoms with Gasteiger partial charge in [0.2, 0.25) is 0 Å². The zero-order valence-electron chi connectivity index (χ0n) is 14.7. The fraction of sp³-hybridized carbons (Fsp3) is 0. The Morgan fingerprint density at radius 2 is 1.30 bits per heavy atom. The van der Waals surface area contributed by atoms with Crippen LogP contribution in [0.5, 0.6) is 0 Å². The van der Waals surface area contributed by atoms with Gasteiger partial charge >= 0.3 is 0 Å². The first-order chi connectivity index (χ1) is 14.0. The van der Waals surface area contributed by atoms with Crippen LogP contribution in [0.2, 0.25) is 10.0 Å². The van der Waals surface area contributed by atoms with Gasteiger partial charge < -0.3 is 0 Å². The first kappa shape index (κ1) is 22.8. The van der Waals surface area contributed by atoms with Gasteiger partial charge in [0.15, 0.2) is 0 Å². The molecule has 3 rings (SSSR count). The molecule has 0 aliphatic rings. The highest BCUT2D eigenvalue weighted by Gasteiger charge is 2.18. The Kier molecular flexibility index (Phi) is 6.63. The number of hydrogen-bond acceptors (Lipinski definition) is 4. The fourth-order valence-electron chi connectivity index (χ4n) is 2.38. The number of rotatable bonds is 6. The van der Waals surface area contributed by atoms with Crippen LogP contribution in [0.3, 0.4) is 0 Å². The van der Waals surface area contributed by atoms with E-state index in [0.717, 1.165) is 12.1 Å². The van der Waals surface area contributed by atoms with Gasteiger partial charge in [-0.25, -0.2) is 21.2 Å². The first-order valence-electron chi connectivity index (χ1n) is 8.03. The molecule has 0 spiro atoms. The summed E-state index contributed by atoms with van der Waals surface area (Å²) in [5.74, 6) is -0.526. The van der Waals surface area contributed by atoms with Crippen molar-refractivity contribution >= 4 is 70.6 Å². The Bertz CT molecular complexity index is 1300. The number of halogens is 4. The van der Waals surface area contributed by atoms with Gasteiger partial charge in [0.25, 0.3) is 20.0 Å². The van der Waals surface area contributed by atoms with E-state index < -0.39 is 25.9 Å². The van der Waals surface area contributed by atoms with Gasteiger partial charge in [-0.05, 0) is 76.6 Å². The predicted molar refractivity (Wildman–Crippen MR) is 119 cm³/mol. The maximum absolute atomic E-state index is 13.2. The smallest absolute Gasteiger partial charge is 0.261 e. The minimum atomic E-state index is -3.99. The van der Waals surface area contributed by atoms with Crippen LogP contribution in [0.15, 0.2) is 74.9 Å². The second kappa shape index (κ2) is 8.72. The number of anilines is 2. The monoisotopic (exact) mass is 552 g/mol. The molecule has 0 aliphatic carbocycles. The summed E-state index contributed by atoms with van der Waals surface area (Å²) in [6.07, 6.45) is 0. The molecule has 0 unspecified atom stereocenters. The van der Waals surface area contributed by atoms with Crippen molar-refractivity contribution in [1.29, 1.82) is 0 Å². The summed E-state index contributed by atoms with van der Waals surface area (Å²) >= 11 is 14.8. The van der Waals surface area contributed by atoms with E-state index in [1.165, 1.54) is 48.5 Å². The predicted octanol–water partition coefficient (Wildman–Crippen LogP) is 5.50. The Labute approximate surface area is 191 Å². The molecule has 0 atom stereocenters. The molecule has 0 saturated heterocycles. The average Bonchev–Trinajstić information content (AvgIpc) is 2.63. The molecule has 3 aromatic rings. The summed E-state index contributed by atoms with van der Waals surface area (Å²) in [4.78, 5) is -0.257. The Morgan fingerprint density at radius 3 is 1.87 bits per heavy atom. The summed E-state index contributed by atoms with van der Waals surface area (Å²) in [6, 6.07) is 12.4. The molecule has 0 amide bonds. The lowest BCUT2D eigenvalue weighted by Crippen LogP contribution is -2.15. The van der Waals surface area contributed by atoms with Gasteiger partial charge in [-0.15, -0.1) is 0 Å². The quantitative estimate of drug-likeness (QED) is 0.422. The highest BCUT2D eigenvalue weighted by molar-refractivity contribution is 9.10. The minimum absolute atomic E-state index is 0.118. The molecule has 2 N–H and O–H groups in total. The zero-order chi connectivity index (χ0) is 22.1. The maximum Gasteiger partial charge on any atom is 0.261 e. The molecule has 158 valence electrons. The van der Waals surface area contributed by atoms with Crippen LogP contribution in [-0.4, -0.2) is 16.8 Å². The van der Waals surface area contributed by atoms with E-state index in [2.05, 4.69) is 25.4 Å². The number of hydrogen-bond donors (Lipinski definition) is 2. The van der Waals surface area contributed by atoms with Crippen LogP contribution in [0, 0.1) is 5.82 Å². The second-order valence-electron chi connectivity index (χ2n) is 5.96. The van der Waals surface area contributed by atoms with Crippen molar-refractivity contribution in [2.24, 2.45) is 0 Å². The minimum Gasteiger partial charge on any atom is -0.280 e. The molecule has 0 aromatic heterocycles. The third-order valence-corrected chi connectivity index (χ3v) is 7.57. The maximum atomic E-state index is 13.2. The molecule has 0 radical (unpaired) electrons. The topological polar surface area (TPSA) is 92.3 Å². The van der Waals surface area contributed by atoms with E-state index in [1.807, 2.05) is 0 Å². The van der Waals surface area contributed by atoms with Crippen LogP contribution in [0.1, 0.15) is 0 Å². The molecule has 30 heavy (non-hydrogen) atoms. The molecule has 0 saturated carbocycles. The van der Waals surface area contributed by atoms with Gasteiger partial charge in [0.1, 0.15) is 5.82 Å².